The smallest absolute Gasteiger partial charge is 0.0672 e. The normalized spacial score (nSPS) is 24.8. The third-order valence-corrected chi connectivity index (χ3v) is 3.65. The van der Waals surface area contributed by atoms with Gasteiger partial charge in [-0.2, -0.15) is 10.4 Å². The van der Waals surface area contributed by atoms with Gasteiger partial charge in [0.15, 0.2) is 0 Å². The van der Waals surface area contributed by atoms with Crippen molar-refractivity contribution in [2.75, 3.05) is 7.05 Å². The van der Waals surface area contributed by atoms with Gasteiger partial charge in [-0.25, -0.2) is 0 Å². The Bertz CT molecular complexity index is 404. The van der Waals surface area contributed by atoms with E-state index in [4.69, 9.17) is 0 Å². The average molecular weight is 232 g/mol. The van der Waals surface area contributed by atoms with Crippen LogP contribution in [0.15, 0.2) is 12.4 Å². The molecule has 17 heavy (non-hydrogen) atoms. The summed E-state index contributed by atoms with van der Waals surface area (Å²) in [4.78, 5) is 2.31. The molecule has 1 aromatic rings. The Kier molecular flexibility index (Phi) is 3.80. The number of nitriles is 1. The maximum atomic E-state index is 9.19. The van der Waals surface area contributed by atoms with Crippen LogP contribution < -0.4 is 0 Å². The molecule has 1 aliphatic rings. The number of nitrogens with zero attached hydrogens (tertiary/aromatic N) is 4. The molecule has 1 fully saturated rings. The highest BCUT2D eigenvalue weighted by molar-refractivity contribution is 5.04. The predicted octanol–water partition coefficient (Wildman–Crippen LogP) is 1.93. The fourth-order valence-electron chi connectivity index (χ4n) is 2.75. The van der Waals surface area contributed by atoms with Crippen molar-refractivity contribution in [3.63, 3.8) is 0 Å². The summed E-state index contributed by atoms with van der Waals surface area (Å²) in [6.45, 7) is 0.886. The van der Waals surface area contributed by atoms with E-state index in [1.54, 1.807) is 0 Å². The van der Waals surface area contributed by atoms with Crippen molar-refractivity contribution in [2.24, 2.45) is 13.0 Å². The molecule has 92 valence electrons. The van der Waals surface area contributed by atoms with Crippen molar-refractivity contribution in [3.8, 4) is 6.07 Å². The monoisotopic (exact) mass is 232 g/mol. The van der Waals surface area contributed by atoms with E-state index < -0.39 is 0 Å². The fraction of sp³-hybridized carbons (Fsp3) is 0.692. The molecular formula is C13H20N4. The summed E-state index contributed by atoms with van der Waals surface area (Å²) in [5, 5.41) is 13.4. The first-order valence-corrected chi connectivity index (χ1v) is 6.28. The predicted molar refractivity (Wildman–Crippen MR) is 66.0 cm³/mol. The summed E-state index contributed by atoms with van der Waals surface area (Å²) in [5.41, 5.74) is 1.22. The maximum absolute atomic E-state index is 9.19. The lowest BCUT2D eigenvalue weighted by Gasteiger charge is -2.34. The molecule has 0 radical (unpaired) electrons. The average Bonchev–Trinajstić information content (AvgIpc) is 2.74. The highest BCUT2D eigenvalue weighted by Gasteiger charge is 2.28. The quantitative estimate of drug-likeness (QED) is 0.800. The minimum absolute atomic E-state index is 0.199. The second kappa shape index (κ2) is 5.33. The molecule has 0 bridgehead atoms. The first-order chi connectivity index (χ1) is 8.20. The first-order valence-electron chi connectivity index (χ1n) is 6.28. The zero-order valence-corrected chi connectivity index (χ0v) is 10.6. The summed E-state index contributed by atoms with van der Waals surface area (Å²) >= 11 is 0. The first kappa shape index (κ1) is 12.1. The zero-order valence-electron chi connectivity index (χ0n) is 10.6. The van der Waals surface area contributed by atoms with Gasteiger partial charge in [0.25, 0.3) is 0 Å². The molecule has 0 N–H and O–H groups in total. The maximum Gasteiger partial charge on any atom is 0.0672 e. The topological polar surface area (TPSA) is 44.9 Å². The molecule has 1 aromatic heterocycles. The molecule has 4 nitrogen and oxygen atoms in total. The van der Waals surface area contributed by atoms with E-state index in [-0.39, 0.29) is 5.92 Å². The molecule has 1 saturated carbocycles. The molecule has 1 aliphatic carbocycles. The van der Waals surface area contributed by atoms with Crippen LogP contribution in [-0.2, 0) is 13.6 Å². The van der Waals surface area contributed by atoms with Gasteiger partial charge in [-0.3, -0.25) is 9.58 Å². The minimum atomic E-state index is 0.199. The fourth-order valence-corrected chi connectivity index (χ4v) is 2.75. The number of aromatic nitrogens is 2. The summed E-state index contributed by atoms with van der Waals surface area (Å²) < 4.78 is 1.83. The highest BCUT2D eigenvalue weighted by Crippen LogP contribution is 2.28. The molecule has 0 saturated heterocycles. The molecule has 0 spiro atoms. The zero-order chi connectivity index (χ0) is 12.3. The molecule has 2 rings (SSSR count). The molecule has 1 heterocycles. The molecule has 2 unspecified atom stereocenters. The number of rotatable bonds is 3. The summed E-state index contributed by atoms with van der Waals surface area (Å²) in [6, 6.07) is 2.87. The van der Waals surface area contributed by atoms with Crippen LogP contribution in [0.4, 0.5) is 0 Å². The third-order valence-electron chi connectivity index (χ3n) is 3.65. The van der Waals surface area contributed by atoms with Gasteiger partial charge in [-0.1, -0.05) is 12.8 Å². The third kappa shape index (κ3) is 2.86. The van der Waals surface area contributed by atoms with E-state index >= 15 is 0 Å². The lowest BCUT2D eigenvalue weighted by atomic mass is 9.84. The Morgan fingerprint density at radius 2 is 2.29 bits per heavy atom. The molecule has 4 heteroatoms. The van der Waals surface area contributed by atoms with Crippen molar-refractivity contribution in [2.45, 2.75) is 38.3 Å². The van der Waals surface area contributed by atoms with Crippen molar-refractivity contribution in [3.05, 3.63) is 18.0 Å². The Hall–Kier alpha value is -1.34. The van der Waals surface area contributed by atoms with E-state index in [0.717, 1.165) is 19.4 Å². The van der Waals surface area contributed by atoms with Gasteiger partial charge in [0.05, 0.1) is 18.2 Å². The number of hydrogen-bond donors (Lipinski definition) is 0. The minimum Gasteiger partial charge on any atom is -0.298 e. The summed E-state index contributed by atoms with van der Waals surface area (Å²) in [5.74, 6) is 0.199. The highest BCUT2D eigenvalue weighted by atomic mass is 15.2. The Morgan fingerprint density at radius 1 is 1.53 bits per heavy atom. The van der Waals surface area contributed by atoms with Crippen molar-refractivity contribution in [1.29, 1.82) is 5.26 Å². The Labute approximate surface area is 103 Å². The second-order valence-electron chi connectivity index (χ2n) is 5.02. The van der Waals surface area contributed by atoms with Gasteiger partial charge >= 0.3 is 0 Å². The van der Waals surface area contributed by atoms with Gasteiger partial charge in [0.2, 0.25) is 0 Å². The Balaban J connectivity index is 1.98. The largest absolute Gasteiger partial charge is 0.298 e. The number of aryl methyl sites for hydroxylation is 1. The summed E-state index contributed by atoms with van der Waals surface area (Å²) in [6.07, 6.45) is 8.60. The van der Waals surface area contributed by atoms with Crippen LogP contribution >= 0.6 is 0 Å². The lowest BCUT2D eigenvalue weighted by Crippen LogP contribution is -2.39. The van der Waals surface area contributed by atoms with Crippen LogP contribution in [0.25, 0.3) is 0 Å². The second-order valence-corrected chi connectivity index (χ2v) is 5.02. The SMILES string of the molecule is CN(Cc1cnn(C)c1)C1CCCCC1C#N. The van der Waals surface area contributed by atoms with Gasteiger partial charge < -0.3 is 0 Å². The van der Waals surface area contributed by atoms with Crippen LogP contribution in [0.2, 0.25) is 0 Å². The van der Waals surface area contributed by atoms with Crippen LogP contribution in [0.3, 0.4) is 0 Å². The molecular weight excluding hydrogens is 212 g/mol. The molecule has 0 aromatic carbocycles. The summed E-state index contributed by atoms with van der Waals surface area (Å²) in [7, 11) is 4.05. The molecule has 0 amide bonds. The van der Waals surface area contributed by atoms with E-state index in [1.807, 2.05) is 24.1 Å². The van der Waals surface area contributed by atoms with Gasteiger partial charge in [0, 0.05) is 31.4 Å². The van der Waals surface area contributed by atoms with E-state index in [1.165, 1.54) is 18.4 Å². The number of hydrogen-bond acceptors (Lipinski definition) is 3. The van der Waals surface area contributed by atoms with Crippen molar-refractivity contribution < 1.29 is 0 Å². The van der Waals surface area contributed by atoms with Crippen LogP contribution in [0.1, 0.15) is 31.2 Å². The van der Waals surface area contributed by atoms with E-state index in [2.05, 4.69) is 23.1 Å². The van der Waals surface area contributed by atoms with Crippen LogP contribution in [0.5, 0.6) is 0 Å². The van der Waals surface area contributed by atoms with Gasteiger partial charge in [0.1, 0.15) is 0 Å². The Morgan fingerprint density at radius 3 is 2.94 bits per heavy atom. The van der Waals surface area contributed by atoms with Crippen LogP contribution in [-0.4, -0.2) is 27.8 Å². The lowest BCUT2D eigenvalue weighted by molar-refractivity contribution is 0.150. The molecule has 0 aliphatic heterocycles. The van der Waals surface area contributed by atoms with Crippen LogP contribution in [0, 0.1) is 17.2 Å². The standard InChI is InChI=1S/C13H20N4/c1-16(9-11-8-15-17(2)10-11)13-6-4-3-5-12(13)7-14/h8,10,12-13H,3-6,9H2,1-2H3. The van der Waals surface area contributed by atoms with Gasteiger partial charge in [-0.15, -0.1) is 0 Å². The van der Waals surface area contributed by atoms with Crippen molar-refractivity contribution >= 4 is 0 Å². The molecule has 2 atom stereocenters. The van der Waals surface area contributed by atoms with Gasteiger partial charge in [-0.05, 0) is 19.9 Å². The van der Waals surface area contributed by atoms with E-state index in [0.29, 0.717) is 6.04 Å². The van der Waals surface area contributed by atoms with E-state index in [9.17, 15) is 5.26 Å². The van der Waals surface area contributed by atoms with Crippen molar-refractivity contribution in [1.82, 2.24) is 14.7 Å².